The van der Waals surface area contributed by atoms with Crippen LogP contribution in [0.3, 0.4) is 0 Å². The standard InChI is InChI=1S/C18H26O2/c1-2-3-4-14-5-7-15(8-6-14)13-16-9-11-17(12-10-16)18(19)20/h9-12,14-15H,2-8,13H2,1H3,(H,19,20). The topological polar surface area (TPSA) is 37.3 Å². The van der Waals surface area contributed by atoms with Crippen molar-refractivity contribution in [1.82, 2.24) is 0 Å². The predicted octanol–water partition coefficient (Wildman–Crippen LogP) is 4.92. The Morgan fingerprint density at radius 2 is 1.70 bits per heavy atom. The molecule has 2 nitrogen and oxygen atoms in total. The highest BCUT2D eigenvalue weighted by molar-refractivity contribution is 5.87. The number of carboxylic acids is 1. The third kappa shape index (κ3) is 4.36. The smallest absolute Gasteiger partial charge is 0.335 e. The van der Waals surface area contributed by atoms with Crippen LogP contribution in [-0.2, 0) is 6.42 Å². The average Bonchev–Trinajstić information content (AvgIpc) is 2.47. The van der Waals surface area contributed by atoms with Gasteiger partial charge in [-0.2, -0.15) is 0 Å². The van der Waals surface area contributed by atoms with Crippen LogP contribution in [0.2, 0.25) is 0 Å². The number of carboxylic acid groups (broad SMARTS) is 1. The van der Waals surface area contributed by atoms with E-state index in [4.69, 9.17) is 5.11 Å². The largest absolute Gasteiger partial charge is 0.478 e. The van der Waals surface area contributed by atoms with Crippen LogP contribution in [0.1, 0.15) is 67.8 Å². The van der Waals surface area contributed by atoms with Crippen molar-refractivity contribution < 1.29 is 9.90 Å². The molecule has 1 aromatic carbocycles. The number of unbranched alkanes of at least 4 members (excludes halogenated alkanes) is 1. The maximum Gasteiger partial charge on any atom is 0.335 e. The van der Waals surface area contributed by atoms with Gasteiger partial charge in [0.2, 0.25) is 0 Å². The Morgan fingerprint density at radius 3 is 2.25 bits per heavy atom. The van der Waals surface area contributed by atoms with Crippen molar-refractivity contribution in [3.63, 3.8) is 0 Å². The minimum Gasteiger partial charge on any atom is -0.478 e. The normalized spacial score (nSPS) is 22.6. The van der Waals surface area contributed by atoms with E-state index in [-0.39, 0.29) is 0 Å². The average molecular weight is 274 g/mol. The van der Waals surface area contributed by atoms with Gasteiger partial charge in [0, 0.05) is 0 Å². The maximum absolute atomic E-state index is 10.8. The van der Waals surface area contributed by atoms with Crippen LogP contribution in [0.5, 0.6) is 0 Å². The van der Waals surface area contributed by atoms with Crippen molar-refractivity contribution in [2.24, 2.45) is 11.8 Å². The Labute approximate surface area is 122 Å². The SMILES string of the molecule is CCCCC1CCC(Cc2ccc(C(=O)O)cc2)CC1. The Balaban J connectivity index is 1.79. The van der Waals surface area contributed by atoms with E-state index in [0.29, 0.717) is 5.56 Å². The number of benzene rings is 1. The number of aromatic carboxylic acids is 1. The second-order valence-electron chi connectivity index (χ2n) is 6.24. The molecule has 0 saturated heterocycles. The first-order valence-electron chi connectivity index (χ1n) is 8.01. The molecule has 2 rings (SSSR count). The zero-order valence-corrected chi connectivity index (χ0v) is 12.5. The van der Waals surface area contributed by atoms with Crippen molar-refractivity contribution in [2.45, 2.75) is 58.3 Å². The lowest BCUT2D eigenvalue weighted by Crippen LogP contribution is -2.16. The van der Waals surface area contributed by atoms with Gasteiger partial charge in [-0.15, -0.1) is 0 Å². The monoisotopic (exact) mass is 274 g/mol. The highest BCUT2D eigenvalue weighted by atomic mass is 16.4. The summed E-state index contributed by atoms with van der Waals surface area (Å²) >= 11 is 0. The number of hydrogen-bond donors (Lipinski definition) is 1. The van der Waals surface area contributed by atoms with E-state index in [2.05, 4.69) is 6.92 Å². The molecule has 0 spiro atoms. The van der Waals surface area contributed by atoms with Gasteiger partial charge in [0.05, 0.1) is 5.56 Å². The summed E-state index contributed by atoms with van der Waals surface area (Å²) in [5.41, 5.74) is 1.67. The summed E-state index contributed by atoms with van der Waals surface area (Å²) in [6.07, 6.45) is 10.7. The van der Waals surface area contributed by atoms with Gasteiger partial charge in [-0.05, 0) is 48.8 Å². The molecule has 0 aromatic heterocycles. The Bertz CT molecular complexity index is 414. The minimum absolute atomic E-state index is 0.386. The summed E-state index contributed by atoms with van der Waals surface area (Å²) in [5.74, 6) is 0.914. The number of hydrogen-bond acceptors (Lipinski definition) is 1. The molecule has 1 N–H and O–H groups in total. The lowest BCUT2D eigenvalue weighted by molar-refractivity contribution is 0.0697. The highest BCUT2D eigenvalue weighted by Crippen LogP contribution is 2.33. The van der Waals surface area contributed by atoms with Crippen LogP contribution < -0.4 is 0 Å². The third-order valence-electron chi connectivity index (χ3n) is 4.66. The fourth-order valence-electron chi connectivity index (χ4n) is 3.33. The molecule has 0 radical (unpaired) electrons. The molecular weight excluding hydrogens is 248 g/mol. The highest BCUT2D eigenvalue weighted by Gasteiger charge is 2.20. The summed E-state index contributed by atoms with van der Waals surface area (Å²) in [4.78, 5) is 10.8. The molecule has 0 aliphatic heterocycles. The van der Waals surface area contributed by atoms with E-state index in [9.17, 15) is 4.79 Å². The second-order valence-corrected chi connectivity index (χ2v) is 6.24. The van der Waals surface area contributed by atoms with Crippen LogP contribution >= 0.6 is 0 Å². The summed E-state index contributed by atoms with van der Waals surface area (Å²) in [7, 11) is 0. The van der Waals surface area contributed by atoms with Gasteiger partial charge in [-0.1, -0.05) is 51.2 Å². The maximum atomic E-state index is 10.8. The van der Waals surface area contributed by atoms with Gasteiger partial charge < -0.3 is 5.11 Å². The molecule has 1 saturated carbocycles. The zero-order chi connectivity index (χ0) is 14.4. The molecule has 0 heterocycles. The molecule has 0 bridgehead atoms. The van der Waals surface area contributed by atoms with Crippen LogP contribution in [0.25, 0.3) is 0 Å². The van der Waals surface area contributed by atoms with Crippen LogP contribution in [0.4, 0.5) is 0 Å². The van der Waals surface area contributed by atoms with Crippen LogP contribution in [-0.4, -0.2) is 11.1 Å². The van der Waals surface area contributed by atoms with Crippen molar-refractivity contribution in [3.05, 3.63) is 35.4 Å². The van der Waals surface area contributed by atoms with Gasteiger partial charge in [0.25, 0.3) is 0 Å². The number of carbonyl (C=O) groups is 1. The van der Waals surface area contributed by atoms with E-state index in [1.165, 1.54) is 50.5 Å². The lowest BCUT2D eigenvalue weighted by atomic mass is 9.77. The van der Waals surface area contributed by atoms with Crippen LogP contribution in [0.15, 0.2) is 24.3 Å². The molecule has 0 unspecified atom stereocenters. The van der Waals surface area contributed by atoms with E-state index >= 15 is 0 Å². The molecular formula is C18H26O2. The van der Waals surface area contributed by atoms with Gasteiger partial charge in [0.15, 0.2) is 0 Å². The molecule has 1 fully saturated rings. The fraction of sp³-hybridized carbons (Fsp3) is 0.611. The van der Waals surface area contributed by atoms with E-state index in [1.54, 1.807) is 12.1 Å². The molecule has 1 aliphatic rings. The molecule has 20 heavy (non-hydrogen) atoms. The molecule has 0 amide bonds. The Hall–Kier alpha value is -1.31. The predicted molar refractivity (Wildman–Crippen MR) is 82.1 cm³/mol. The van der Waals surface area contributed by atoms with Crippen molar-refractivity contribution in [2.75, 3.05) is 0 Å². The lowest BCUT2D eigenvalue weighted by Gasteiger charge is -2.28. The van der Waals surface area contributed by atoms with Crippen LogP contribution in [0, 0.1) is 11.8 Å². The Morgan fingerprint density at radius 1 is 1.10 bits per heavy atom. The summed E-state index contributed by atoms with van der Waals surface area (Å²) < 4.78 is 0. The fourth-order valence-corrected chi connectivity index (χ4v) is 3.33. The molecule has 110 valence electrons. The van der Waals surface area contributed by atoms with Crippen molar-refractivity contribution >= 4 is 5.97 Å². The third-order valence-corrected chi connectivity index (χ3v) is 4.66. The summed E-state index contributed by atoms with van der Waals surface area (Å²) in [5, 5.41) is 8.90. The number of rotatable bonds is 6. The van der Waals surface area contributed by atoms with E-state index in [0.717, 1.165) is 18.3 Å². The van der Waals surface area contributed by atoms with Gasteiger partial charge in [0.1, 0.15) is 0 Å². The first-order chi connectivity index (χ1) is 9.69. The molecule has 1 aromatic rings. The minimum atomic E-state index is -0.840. The van der Waals surface area contributed by atoms with Gasteiger partial charge in [-0.25, -0.2) is 4.79 Å². The first-order valence-corrected chi connectivity index (χ1v) is 8.01. The second kappa shape index (κ2) is 7.47. The first kappa shape index (κ1) is 15.1. The molecule has 1 aliphatic carbocycles. The molecule has 2 heteroatoms. The van der Waals surface area contributed by atoms with Gasteiger partial charge in [-0.3, -0.25) is 0 Å². The summed E-state index contributed by atoms with van der Waals surface area (Å²) in [6, 6.07) is 7.41. The zero-order valence-electron chi connectivity index (χ0n) is 12.5. The van der Waals surface area contributed by atoms with Crippen molar-refractivity contribution in [1.29, 1.82) is 0 Å². The van der Waals surface area contributed by atoms with Crippen molar-refractivity contribution in [3.8, 4) is 0 Å². The quantitative estimate of drug-likeness (QED) is 0.799. The van der Waals surface area contributed by atoms with E-state index < -0.39 is 5.97 Å². The van der Waals surface area contributed by atoms with Gasteiger partial charge >= 0.3 is 5.97 Å². The Kier molecular flexibility index (Phi) is 5.63. The molecule has 0 atom stereocenters. The summed E-state index contributed by atoms with van der Waals surface area (Å²) in [6.45, 7) is 2.27. The van der Waals surface area contributed by atoms with E-state index in [1.807, 2.05) is 12.1 Å².